The Bertz CT molecular complexity index is 1380. The molecule has 8 heteroatoms. The number of para-hydroxylation sites is 1. The van der Waals surface area contributed by atoms with Crippen LogP contribution >= 0.6 is 11.3 Å². The summed E-state index contributed by atoms with van der Waals surface area (Å²) in [5, 5.41) is 2.55. The third-order valence-electron chi connectivity index (χ3n) is 5.01. The molecule has 0 fully saturated rings. The van der Waals surface area contributed by atoms with Gasteiger partial charge in [-0.1, -0.05) is 47.7 Å². The van der Waals surface area contributed by atoms with Crippen molar-refractivity contribution >= 4 is 53.2 Å². The number of carbonyl (C=O) groups excluding carboxylic acids is 1. The lowest BCUT2D eigenvalue weighted by molar-refractivity contribution is 0.0985. The van der Waals surface area contributed by atoms with Crippen molar-refractivity contribution in [1.82, 2.24) is 9.88 Å². The highest BCUT2D eigenvalue weighted by atomic mass is 32.2. The Morgan fingerprint density at radius 3 is 2.42 bits per heavy atom. The van der Waals surface area contributed by atoms with E-state index in [4.69, 9.17) is 0 Å². The monoisotopic (exact) mass is 453 g/mol. The van der Waals surface area contributed by atoms with Crippen molar-refractivity contribution in [2.24, 2.45) is 0 Å². The summed E-state index contributed by atoms with van der Waals surface area (Å²) in [5.74, 6) is -0.160. The first-order chi connectivity index (χ1) is 14.7. The molecule has 1 aromatic heterocycles. The zero-order valence-electron chi connectivity index (χ0n) is 17.6. The number of benzene rings is 3. The van der Waals surface area contributed by atoms with Gasteiger partial charge in [0.2, 0.25) is 0 Å². The van der Waals surface area contributed by atoms with E-state index in [1.807, 2.05) is 67.5 Å². The summed E-state index contributed by atoms with van der Waals surface area (Å²) in [7, 11) is 0.455. The molecule has 0 radical (unpaired) electrons. The summed E-state index contributed by atoms with van der Waals surface area (Å²) in [6.07, 6.45) is 1.17. The van der Waals surface area contributed by atoms with Gasteiger partial charge in [0, 0.05) is 24.9 Å². The van der Waals surface area contributed by atoms with Crippen LogP contribution in [0, 0.1) is 0 Å². The molecule has 0 atom stereocenters. The van der Waals surface area contributed by atoms with Gasteiger partial charge in [-0.25, -0.2) is 13.4 Å². The molecule has 0 aliphatic heterocycles. The smallest absolute Gasteiger partial charge is 0.260 e. The summed E-state index contributed by atoms with van der Waals surface area (Å²) in [6.45, 7) is 1.08. The number of hydrogen-bond acceptors (Lipinski definition) is 6. The lowest BCUT2D eigenvalue weighted by atomic mass is 10.1. The zero-order chi connectivity index (χ0) is 22.2. The molecule has 3 aromatic carbocycles. The highest BCUT2D eigenvalue weighted by Gasteiger charge is 2.23. The number of amides is 1. The van der Waals surface area contributed by atoms with Gasteiger partial charge in [-0.3, -0.25) is 9.69 Å². The van der Waals surface area contributed by atoms with Crippen LogP contribution in [0.15, 0.2) is 65.6 Å². The van der Waals surface area contributed by atoms with Crippen LogP contribution in [0.4, 0.5) is 5.13 Å². The predicted molar refractivity (Wildman–Crippen MR) is 127 cm³/mol. The minimum absolute atomic E-state index is 0.160. The van der Waals surface area contributed by atoms with Gasteiger partial charge in [-0.2, -0.15) is 0 Å². The number of rotatable bonds is 6. The van der Waals surface area contributed by atoms with Gasteiger partial charge in [-0.15, -0.1) is 0 Å². The average Bonchev–Trinajstić information content (AvgIpc) is 3.16. The number of likely N-dealkylation sites (N-methyl/N-ethyl adjacent to an activating group) is 1. The molecular weight excluding hydrogens is 430 g/mol. The van der Waals surface area contributed by atoms with Crippen molar-refractivity contribution in [2.45, 2.75) is 4.90 Å². The summed E-state index contributed by atoms with van der Waals surface area (Å²) in [4.78, 5) is 21.9. The molecule has 4 rings (SSSR count). The molecule has 1 heterocycles. The van der Waals surface area contributed by atoms with Gasteiger partial charge in [0.05, 0.1) is 9.60 Å². The van der Waals surface area contributed by atoms with E-state index in [2.05, 4.69) is 4.98 Å². The highest BCUT2D eigenvalue weighted by Crippen LogP contribution is 2.33. The fourth-order valence-electron chi connectivity index (χ4n) is 3.39. The number of anilines is 1. The van der Waals surface area contributed by atoms with E-state index < -0.39 is 9.84 Å². The van der Waals surface area contributed by atoms with Gasteiger partial charge in [0.15, 0.2) is 15.0 Å². The Balaban J connectivity index is 1.79. The van der Waals surface area contributed by atoms with Gasteiger partial charge in [0.25, 0.3) is 5.91 Å². The number of nitrogens with zero attached hydrogens (tertiary/aromatic N) is 3. The van der Waals surface area contributed by atoms with Crippen molar-refractivity contribution in [2.75, 3.05) is 38.3 Å². The van der Waals surface area contributed by atoms with E-state index in [0.717, 1.165) is 15.5 Å². The Morgan fingerprint density at radius 2 is 1.71 bits per heavy atom. The quantitative estimate of drug-likeness (QED) is 0.440. The lowest BCUT2D eigenvalue weighted by Crippen LogP contribution is -2.36. The lowest BCUT2D eigenvalue weighted by Gasteiger charge is -2.22. The first kappa shape index (κ1) is 21.4. The molecule has 0 unspecified atom stereocenters. The SMILES string of the molecule is CN(C)CCN(C(=O)c1ccc2ccccc2c1)c1nc2c(S(C)(=O)=O)cccc2s1. The molecule has 1 amide bonds. The number of aromatic nitrogens is 1. The molecule has 0 spiro atoms. The zero-order valence-corrected chi connectivity index (χ0v) is 19.2. The van der Waals surface area contributed by atoms with Crippen molar-refractivity contribution in [3.63, 3.8) is 0 Å². The van der Waals surface area contributed by atoms with E-state index >= 15 is 0 Å². The van der Waals surface area contributed by atoms with Crippen LogP contribution in [-0.2, 0) is 9.84 Å². The molecule has 0 saturated carbocycles. The first-order valence-electron chi connectivity index (χ1n) is 9.79. The third kappa shape index (κ3) is 4.46. The molecule has 6 nitrogen and oxygen atoms in total. The molecular formula is C23H23N3O3S2. The topological polar surface area (TPSA) is 70.6 Å². The molecule has 4 aromatic rings. The van der Waals surface area contributed by atoms with E-state index in [0.29, 0.717) is 29.3 Å². The average molecular weight is 454 g/mol. The molecule has 0 saturated heterocycles. The maximum Gasteiger partial charge on any atom is 0.260 e. The van der Waals surface area contributed by atoms with Gasteiger partial charge >= 0.3 is 0 Å². The fraction of sp³-hybridized carbons (Fsp3) is 0.217. The van der Waals surface area contributed by atoms with Crippen LogP contribution in [0.5, 0.6) is 0 Å². The summed E-state index contributed by atoms with van der Waals surface area (Å²) in [6, 6.07) is 18.6. The standard InChI is InChI=1S/C23H23N3O3S2/c1-25(2)13-14-26(22(27)18-12-11-16-7-4-5-8-17(16)15-18)23-24-21-19(30-23)9-6-10-20(21)31(3,28)29/h4-12,15H,13-14H2,1-3H3. The summed E-state index contributed by atoms with van der Waals surface area (Å²) >= 11 is 1.32. The summed E-state index contributed by atoms with van der Waals surface area (Å²) < 4.78 is 25.1. The number of fused-ring (bicyclic) bond motifs is 2. The minimum Gasteiger partial charge on any atom is -0.308 e. The van der Waals surface area contributed by atoms with E-state index in [1.165, 1.54) is 17.6 Å². The Hall–Kier alpha value is -2.81. The van der Waals surface area contributed by atoms with Crippen molar-refractivity contribution in [3.05, 3.63) is 66.2 Å². The Morgan fingerprint density at radius 1 is 0.968 bits per heavy atom. The second-order valence-electron chi connectivity index (χ2n) is 7.69. The number of carbonyl (C=O) groups is 1. The van der Waals surface area contributed by atoms with Crippen molar-refractivity contribution < 1.29 is 13.2 Å². The van der Waals surface area contributed by atoms with E-state index in [1.54, 1.807) is 17.0 Å². The largest absolute Gasteiger partial charge is 0.308 e. The first-order valence-corrected chi connectivity index (χ1v) is 12.5. The van der Waals surface area contributed by atoms with Crippen molar-refractivity contribution in [1.29, 1.82) is 0 Å². The van der Waals surface area contributed by atoms with Crippen LogP contribution in [0.3, 0.4) is 0 Å². The predicted octanol–water partition coefficient (Wildman–Crippen LogP) is 4.06. The molecule has 160 valence electrons. The van der Waals surface area contributed by atoms with Crippen LogP contribution in [0.25, 0.3) is 21.0 Å². The highest BCUT2D eigenvalue weighted by molar-refractivity contribution is 7.91. The van der Waals surface area contributed by atoms with Gasteiger partial charge in [-0.05, 0) is 49.1 Å². The van der Waals surface area contributed by atoms with Crippen LogP contribution in [0.1, 0.15) is 10.4 Å². The molecule has 0 aliphatic carbocycles. The number of sulfone groups is 1. The molecule has 0 N–H and O–H groups in total. The van der Waals surface area contributed by atoms with Crippen LogP contribution < -0.4 is 4.90 Å². The van der Waals surface area contributed by atoms with Crippen molar-refractivity contribution in [3.8, 4) is 0 Å². The Labute approximate surface area is 185 Å². The van der Waals surface area contributed by atoms with Gasteiger partial charge in [0.1, 0.15) is 5.52 Å². The number of hydrogen-bond donors (Lipinski definition) is 0. The van der Waals surface area contributed by atoms with Crippen LogP contribution in [-0.4, -0.2) is 57.6 Å². The molecule has 0 bridgehead atoms. The maximum absolute atomic E-state index is 13.5. The molecule has 31 heavy (non-hydrogen) atoms. The van der Waals surface area contributed by atoms with E-state index in [-0.39, 0.29) is 10.8 Å². The Kier molecular flexibility index (Phi) is 5.79. The second-order valence-corrected chi connectivity index (χ2v) is 10.7. The summed E-state index contributed by atoms with van der Waals surface area (Å²) in [5.41, 5.74) is 0.978. The third-order valence-corrected chi connectivity index (χ3v) is 7.19. The fourth-order valence-corrected chi connectivity index (χ4v) is 5.30. The second kappa shape index (κ2) is 8.37. The van der Waals surface area contributed by atoms with Crippen LogP contribution in [0.2, 0.25) is 0 Å². The van der Waals surface area contributed by atoms with E-state index in [9.17, 15) is 13.2 Å². The minimum atomic E-state index is -3.43. The maximum atomic E-state index is 13.5. The normalized spacial score (nSPS) is 12.0. The number of thiazole rings is 1. The molecule has 0 aliphatic rings. The van der Waals surface area contributed by atoms with Gasteiger partial charge < -0.3 is 4.90 Å².